The minimum atomic E-state index is -0.229. The smallest absolute Gasteiger partial charge is 0.322 e. The average Bonchev–Trinajstić information content (AvgIpc) is 2.56. The number of carbonyl (C=O) groups excluding carboxylic acids is 1. The van der Waals surface area contributed by atoms with E-state index >= 15 is 0 Å². The summed E-state index contributed by atoms with van der Waals surface area (Å²) in [5, 5.41) is 2.83. The summed E-state index contributed by atoms with van der Waals surface area (Å²) >= 11 is 0. The van der Waals surface area contributed by atoms with Gasteiger partial charge >= 0.3 is 6.03 Å². The van der Waals surface area contributed by atoms with Gasteiger partial charge in [-0.05, 0) is 31.2 Å². The molecule has 1 aliphatic heterocycles. The number of anilines is 2. The number of piperazine rings is 1. The van der Waals surface area contributed by atoms with E-state index in [9.17, 15) is 9.18 Å². The molecule has 1 aliphatic rings. The first-order chi connectivity index (χ1) is 11.1. The SMILES string of the molecule is C[C@H]1CN(C(=O)Nc2cccnc2)CCN1c1ccccc1F. The fourth-order valence-corrected chi connectivity index (χ4v) is 2.82. The predicted molar refractivity (Wildman–Crippen MR) is 88.0 cm³/mol. The van der Waals surface area contributed by atoms with E-state index in [4.69, 9.17) is 0 Å². The highest BCUT2D eigenvalue weighted by molar-refractivity contribution is 5.89. The van der Waals surface area contributed by atoms with E-state index in [1.54, 1.807) is 41.6 Å². The Labute approximate surface area is 134 Å². The maximum Gasteiger partial charge on any atom is 0.322 e. The molecule has 2 heterocycles. The zero-order valence-corrected chi connectivity index (χ0v) is 12.9. The molecule has 1 saturated heterocycles. The summed E-state index contributed by atoms with van der Waals surface area (Å²) in [6, 6.07) is 10.2. The molecule has 0 bridgehead atoms. The zero-order valence-electron chi connectivity index (χ0n) is 12.9. The van der Waals surface area contributed by atoms with Crippen LogP contribution in [0.3, 0.4) is 0 Å². The minimum absolute atomic E-state index is 0.0419. The van der Waals surface area contributed by atoms with E-state index in [0.717, 1.165) is 0 Å². The Morgan fingerprint density at radius 2 is 2.09 bits per heavy atom. The molecule has 5 nitrogen and oxygen atoms in total. The van der Waals surface area contributed by atoms with Gasteiger partial charge in [0.1, 0.15) is 5.82 Å². The molecule has 1 N–H and O–H groups in total. The fourth-order valence-electron chi connectivity index (χ4n) is 2.82. The molecule has 0 aliphatic carbocycles. The highest BCUT2D eigenvalue weighted by Gasteiger charge is 2.28. The van der Waals surface area contributed by atoms with Crippen molar-refractivity contribution in [3.05, 3.63) is 54.6 Å². The molecular weight excluding hydrogens is 295 g/mol. The number of nitrogens with one attached hydrogen (secondary N) is 1. The van der Waals surface area contributed by atoms with Crippen molar-refractivity contribution in [1.82, 2.24) is 9.88 Å². The third kappa shape index (κ3) is 3.41. The molecule has 2 aromatic rings. The van der Waals surface area contributed by atoms with Gasteiger partial charge in [0.25, 0.3) is 0 Å². The fraction of sp³-hybridized carbons (Fsp3) is 0.294. The van der Waals surface area contributed by atoms with Crippen LogP contribution in [0.5, 0.6) is 0 Å². The molecule has 1 aromatic heterocycles. The number of urea groups is 1. The Balaban J connectivity index is 1.64. The van der Waals surface area contributed by atoms with Crippen molar-refractivity contribution in [3.8, 4) is 0 Å². The topological polar surface area (TPSA) is 48.5 Å². The summed E-state index contributed by atoms with van der Waals surface area (Å²) in [6.45, 7) is 3.68. The number of hydrogen-bond donors (Lipinski definition) is 1. The number of para-hydroxylation sites is 1. The molecule has 6 heteroatoms. The minimum Gasteiger partial charge on any atom is -0.363 e. The average molecular weight is 314 g/mol. The van der Waals surface area contributed by atoms with E-state index in [0.29, 0.717) is 31.0 Å². The van der Waals surface area contributed by atoms with Crippen molar-refractivity contribution in [1.29, 1.82) is 0 Å². The van der Waals surface area contributed by atoms with E-state index in [2.05, 4.69) is 10.3 Å². The Kier molecular flexibility index (Phi) is 4.41. The summed E-state index contributed by atoms with van der Waals surface area (Å²) < 4.78 is 13.9. The molecule has 1 fully saturated rings. The number of nitrogens with zero attached hydrogens (tertiary/aromatic N) is 3. The van der Waals surface area contributed by atoms with E-state index in [1.165, 1.54) is 6.07 Å². The third-order valence-corrected chi connectivity index (χ3v) is 3.99. The van der Waals surface area contributed by atoms with Gasteiger partial charge < -0.3 is 15.1 Å². The highest BCUT2D eigenvalue weighted by Crippen LogP contribution is 2.23. The lowest BCUT2D eigenvalue weighted by Crippen LogP contribution is -2.55. The second kappa shape index (κ2) is 6.64. The number of halogens is 1. The van der Waals surface area contributed by atoms with Crippen molar-refractivity contribution in [2.45, 2.75) is 13.0 Å². The maximum atomic E-state index is 13.9. The molecule has 1 atom stereocenters. The van der Waals surface area contributed by atoms with Crippen LogP contribution < -0.4 is 10.2 Å². The van der Waals surface area contributed by atoms with Crippen LogP contribution in [0.15, 0.2) is 48.8 Å². The largest absolute Gasteiger partial charge is 0.363 e. The van der Waals surface area contributed by atoms with Crippen molar-refractivity contribution in [2.75, 3.05) is 29.9 Å². The van der Waals surface area contributed by atoms with Gasteiger partial charge in [-0.15, -0.1) is 0 Å². The zero-order chi connectivity index (χ0) is 16.2. The molecule has 0 saturated carbocycles. The molecule has 1 aromatic carbocycles. The standard InChI is InChI=1S/C17H19FN4O/c1-13-12-21(17(23)20-14-5-4-8-19-11-14)9-10-22(13)16-7-3-2-6-15(16)18/h2-8,11,13H,9-10,12H2,1H3,(H,20,23)/t13-/m0/s1. The number of rotatable bonds is 2. The van der Waals surface area contributed by atoms with Gasteiger partial charge in [-0.2, -0.15) is 0 Å². The van der Waals surface area contributed by atoms with Crippen LogP contribution in [0.4, 0.5) is 20.6 Å². The summed E-state index contributed by atoms with van der Waals surface area (Å²) in [4.78, 5) is 20.0. The van der Waals surface area contributed by atoms with E-state index in [-0.39, 0.29) is 17.9 Å². The van der Waals surface area contributed by atoms with Gasteiger partial charge in [0.05, 0.1) is 17.6 Å². The van der Waals surface area contributed by atoms with Crippen molar-refractivity contribution >= 4 is 17.4 Å². The normalized spacial score (nSPS) is 17.9. The first kappa shape index (κ1) is 15.3. The lowest BCUT2D eigenvalue weighted by Gasteiger charge is -2.41. The molecule has 0 spiro atoms. The van der Waals surface area contributed by atoms with Crippen molar-refractivity contribution < 1.29 is 9.18 Å². The molecule has 3 rings (SSSR count). The Morgan fingerprint density at radius 1 is 1.26 bits per heavy atom. The Morgan fingerprint density at radius 3 is 2.78 bits per heavy atom. The lowest BCUT2D eigenvalue weighted by molar-refractivity contribution is 0.200. The van der Waals surface area contributed by atoms with Gasteiger partial charge in [-0.1, -0.05) is 12.1 Å². The van der Waals surface area contributed by atoms with Crippen molar-refractivity contribution in [2.24, 2.45) is 0 Å². The first-order valence-electron chi connectivity index (χ1n) is 7.62. The van der Waals surface area contributed by atoms with Crippen LogP contribution in [-0.4, -0.2) is 41.6 Å². The van der Waals surface area contributed by atoms with Gasteiger partial charge in [0.2, 0.25) is 0 Å². The van der Waals surface area contributed by atoms with Crippen LogP contribution >= 0.6 is 0 Å². The first-order valence-corrected chi connectivity index (χ1v) is 7.62. The number of carbonyl (C=O) groups is 1. The third-order valence-electron chi connectivity index (χ3n) is 3.99. The lowest BCUT2D eigenvalue weighted by atomic mass is 10.1. The van der Waals surface area contributed by atoms with Crippen molar-refractivity contribution in [3.63, 3.8) is 0 Å². The predicted octanol–water partition coefficient (Wildman–Crippen LogP) is 2.96. The number of pyridine rings is 1. The molecule has 0 unspecified atom stereocenters. The van der Waals surface area contributed by atoms with E-state index < -0.39 is 0 Å². The van der Waals surface area contributed by atoms with Gasteiger partial charge in [0, 0.05) is 31.9 Å². The maximum absolute atomic E-state index is 13.9. The second-order valence-corrected chi connectivity index (χ2v) is 5.61. The quantitative estimate of drug-likeness (QED) is 0.927. The number of benzene rings is 1. The van der Waals surface area contributed by atoms with Gasteiger partial charge in [0.15, 0.2) is 0 Å². The summed E-state index contributed by atoms with van der Waals surface area (Å²) in [6.07, 6.45) is 3.27. The van der Waals surface area contributed by atoms with Gasteiger partial charge in [-0.25, -0.2) is 9.18 Å². The molecule has 120 valence electrons. The van der Waals surface area contributed by atoms with Crippen LogP contribution in [0.1, 0.15) is 6.92 Å². The van der Waals surface area contributed by atoms with Gasteiger partial charge in [-0.3, -0.25) is 4.98 Å². The molecule has 2 amide bonds. The number of amides is 2. The molecule has 23 heavy (non-hydrogen) atoms. The summed E-state index contributed by atoms with van der Waals surface area (Å²) in [5.41, 5.74) is 1.26. The monoisotopic (exact) mass is 314 g/mol. The Hall–Kier alpha value is -2.63. The number of hydrogen-bond acceptors (Lipinski definition) is 3. The van der Waals surface area contributed by atoms with Crippen LogP contribution in [-0.2, 0) is 0 Å². The Bertz CT molecular complexity index is 679. The highest BCUT2D eigenvalue weighted by atomic mass is 19.1. The van der Waals surface area contributed by atoms with E-state index in [1.807, 2.05) is 17.9 Å². The van der Waals surface area contributed by atoms with Crippen LogP contribution in [0.2, 0.25) is 0 Å². The van der Waals surface area contributed by atoms with Crippen LogP contribution in [0.25, 0.3) is 0 Å². The summed E-state index contributed by atoms with van der Waals surface area (Å²) in [5.74, 6) is -0.229. The second-order valence-electron chi connectivity index (χ2n) is 5.61. The number of aromatic nitrogens is 1. The van der Waals surface area contributed by atoms with Crippen LogP contribution in [0, 0.1) is 5.82 Å². The molecular formula is C17H19FN4O. The summed E-state index contributed by atoms with van der Waals surface area (Å²) in [7, 11) is 0. The molecule has 0 radical (unpaired) electrons.